The lowest BCUT2D eigenvalue weighted by molar-refractivity contribution is 0.612. The third kappa shape index (κ3) is 3.30. The quantitative estimate of drug-likeness (QED) is 0.839. The molecule has 0 aromatic heterocycles. The first-order valence-electron chi connectivity index (χ1n) is 5.89. The van der Waals surface area contributed by atoms with Crippen LogP contribution in [0.2, 0.25) is 5.02 Å². The molecule has 0 atom stereocenters. The average Bonchev–Trinajstić information content (AvgIpc) is 2.43. The zero-order valence-electron chi connectivity index (χ0n) is 10.7. The van der Waals surface area contributed by atoms with Crippen molar-refractivity contribution in [2.24, 2.45) is 0 Å². The average molecular weight is 354 g/mol. The van der Waals surface area contributed by atoms with Crippen LogP contribution in [0, 0.1) is 24.1 Å². The smallest absolute Gasteiger partial charge is 0.128 e. The first-order chi connectivity index (χ1) is 9.51. The number of rotatable bonds is 3. The van der Waals surface area contributed by atoms with Gasteiger partial charge in [-0.1, -0.05) is 11.6 Å². The lowest BCUT2D eigenvalue weighted by Crippen LogP contribution is -2.03. The van der Waals surface area contributed by atoms with Crippen LogP contribution in [-0.4, -0.2) is 0 Å². The van der Waals surface area contributed by atoms with Crippen molar-refractivity contribution < 1.29 is 4.39 Å². The van der Waals surface area contributed by atoms with Crippen LogP contribution in [0.5, 0.6) is 0 Å². The van der Waals surface area contributed by atoms with Crippen LogP contribution in [0.3, 0.4) is 0 Å². The summed E-state index contributed by atoms with van der Waals surface area (Å²) in [4.78, 5) is 0. The van der Waals surface area contributed by atoms with E-state index >= 15 is 0 Å². The van der Waals surface area contributed by atoms with Crippen LogP contribution >= 0.6 is 27.5 Å². The first kappa shape index (κ1) is 14.8. The summed E-state index contributed by atoms with van der Waals surface area (Å²) >= 11 is 9.50. The van der Waals surface area contributed by atoms with E-state index in [1.54, 1.807) is 6.07 Å². The van der Waals surface area contributed by atoms with Crippen LogP contribution in [0.4, 0.5) is 10.1 Å². The van der Waals surface area contributed by atoms with Gasteiger partial charge in [0.1, 0.15) is 5.82 Å². The fraction of sp³-hybridized carbons (Fsp3) is 0.133. The maximum absolute atomic E-state index is 13.7. The Kier molecular flexibility index (Phi) is 4.64. The van der Waals surface area contributed by atoms with Gasteiger partial charge in [0, 0.05) is 21.6 Å². The summed E-state index contributed by atoms with van der Waals surface area (Å²) in [5.74, 6) is -0.342. The Morgan fingerprint density at radius 1 is 1.35 bits per heavy atom. The van der Waals surface area contributed by atoms with E-state index in [1.807, 2.05) is 19.1 Å². The van der Waals surface area contributed by atoms with Crippen molar-refractivity contribution >= 4 is 33.2 Å². The fourth-order valence-corrected chi connectivity index (χ4v) is 2.51. The van der Waals surface area contributed by atoms with Crippen molar-refractivity contribution in [3.8, 4) is 6.07 Å². The van der Waals surface area contributed by atoms with Gasteiger partial charge in [0.2, 0.25) is 0 Å². The maximum Gasteiger partial charge on any atom is 0.128 e. The fourth-order valence-electron chi connectivity index (χ4n) is 1.75. The summed E-state index contributed by atoms with van der Waals surface area (Å²) in [5.41, 5.74) is 2.61. The van der Waals surface area contributed by atoms with Crippen LogP contribution in [-0.2, 0) is 6.54 Å². The van der Waals surface area contributed by atoms with E-state index in [-0.39, 0.29) is 12.4 Å². The molecule has 0 saturated carbocycles. The molecule has 1 N–H and O–H groups in total. The molecule has 2 aromatic carbocycles. The largest absolute Gasteiger partial charge is 0.380 e. The predicted molar refractivity (Wildman–Crippen MR) is 82.3 cm³/mol. The molecule has 0 fully saturated rings. The second kappa shape index (κ2) is 6.25. The molecule has 2 aromatic rings. The van der Waals surface area contributed by atoms with E-state index in [4.69, 9.17) is 16.9 Å². The normalized spacial score (nSPS) is 10.2. The van der Waals surface area contributed by atoms with E-state index in [1.165, 1.54) is 18.2 Å². The zero-order chi connectivity index (χ0) is 14.7. The number of aryl methyl sites for hydroxylation is 1. The Morgan fingerprint density at radius 2 is 2.10 bits per heavy atom. The van der Waals surface area contributed by atoms with Crippen LogP contribution in [0.1, 0.15) is 16.7 Å². The third-order valence-electron chi connectivity index (χ3n) is 2.89. The van der Waals surface area contributed by atoms with Crippen LogP contribution in [0.15, 0.2) is 34.8 Å². The molecule has 0 unspecified atom stereocenters. The topological polar surface area (TPSA) is 35.8 Å². The number of hydrogen-bond acceptors (Lipinski definition) is 2. The van der Waals surface area contributed by atoms with Gasteiger partial charge in [-0.05, 0) is 58.7 Å². The lowest BCUT2D eigenvalue weighted by Gasteiger charge is -2.11. The summed E-state index contributed by atoms with van der Waals surface area (Å²) in [7, 11) is 0. The van der Waals surface area contributed by atoms with Crippen molar-refractivity contribution in [2.45, 2.75) is 13.5 Å². The van der Waals surface area contributed by atoms with Crippen LogP contribution in [0.25, 0.3) is 0 Å². The molecule has 0 aliphatic heterocycles. The molecule has 102 valence electrons. The van der Waals surface area contributed by atoms with E-state index in [0.29, 0.717) is 16.1 Å². The van der Waals surface area contributed by atoms with Gasteiger partial charge in [-0.2, -0.15) is 5.26 Å². The first-order valence-corrected chi connectivity index (χ1v) is 7.06. The molecule has 5 heteroatoms. The molecule has 0 aliphatic rings. The molecule has 0 amide bonds. The molecule has 0 aliphatic carbocycles. The second-order valence-electron chi connectivity index (χ2n) is 4.35. The summed E-state index contributed by atoms with van der Waals surface area (Å²) in [6, 6.07) is 9.96. The minimum absolute atomic E-state index is 0.277. The highest BCUT2D eigenvalue weighted by molar-refractivity contribution is 9.10. The Hall–Kier alpha value is -1.57. The summed E-state index contributed by atoms with van der Waals surface area (Å²) in [5, 5.41) is 12.6. The zero-order valence-corrected chi connectivity index (χ0v) is 13.0. The van der Waals surface area contributed by atoms with Gasteiger partial charge in [-0.3, -0.25) is 0 Å². The van der Waals surface area contributed by atoms with E-state index in [9.17, 15) is 4.39 Å². The minimum atomic E-state index is -0.342. The summed E-state index contributed by atoms with van der Waals surface area (Å²) < 4.78 is 14.5. The van der Waals surface area contributed by atoms with Gasteiger partial charge < -0.3 is 5.32 Å². The van der Waals surface area contributed by atoms with Crippen molar-refractivity contribution in [3.05, 3.63) is 62.3 Å². The molecule has 2 rings (SSSR count). The molecule has 0 saturated heterocycles. The number of benzene rings is 2. The van der Waals surface area contributed by atoms with Crippen molar-refractivity contribution in [1.29, 1.82) is 5.26 Å². The third-order valence-corrected chi connectivity index (χ3v) is 3.96. The van der Waals surface area contributed by atoms with E-state index in [0.717, 1.165) is 15.7 Å². The van der Waals surface area contributed by atoms with Gasteiger partial charge in [0.15, 0.2) is 0 Å². The van der Waals surface area contributed by atoms with Gasteiger partial charge in [0.25, 0.3) is 0 Å². The summed E-state index contributed by atoms with van der Waals surface area (Å²) in [6.07, 6.45) is 0. The molecular weight excluding hydrogens is 343 g/mol. The van der Waals surface area contributed by atoms with Crippen molar-refractivity contribution in [2.75, 3.05) is 5.32 Å². The molecule has 0 heterocycles. The second-order valence-corrected chi connectivity index (χ2v) is 5.61. The van der Waals surface area contributed by atoms with Crippen molar-refractivity contribution in [3.63, 3.8) is 0 Å². The lowest BCUT2D eigenvalue weighted by atomic mass is 10.1. The highest BCUT2D eigenvalue weighted by Crippen LogP contribution is 2.29. The Bertz CT molecular complexity index is 695. The molecule has 2 nitrogen and oxygen atoms in total. The molecule has 0 radical (unpaired) electrons. The Labute approximate surface area is 130 Å². The number of anilines is 1. The molecule has 20 heavy (non-hydrogen) atoms. The highest BCUT2D eigenvalue weighted by atomic mass is 79.9. The monoisotopic (exact) mass is 352 g/mol. The molecular formula is C15H11BrClFN2. The van der Waals surface area contributed by atoms with Gasteiger partial charge in [-0.15, -0.1) is 0 Å². The number of nitrogens with zero attached hydrogens (tertiary/aromatic N) is 1. The maximum atomic E-state index is 13.7. The highest BCUT2D eigenvalue weighted by Gasteiger charge is 2.07. The number of hydrogen-bond donors (Lipinski definition) is 1. The molecule has 0 spiro atoms. The van der Waals surface area contributed by atoms with Gasteiger partial charge in [-0.25, -0.2) is 4.39 Å². The number of nitrogens with one attached hydrogen (secondary N) is 1. The Balaban J connectivity index is 2.21. The predicted octanol–water partition coefficient (Wildman–Crippen LogP) is 5.03. The number of halogens is 3. The molecule has 0 bridgehead atoms. The standard InChI is InChI=1S/C15H11BrClFN2/c1-9-4-12(16)15(6-13(9)17)20-8-11-5-10(7-19)2-3-14(11)18/h2-6,20H,8H2,1H3. The van der Waals surface area contributed by atoms with E-state index in [2.05, 4.69) is 21.2 Å². The Morgan fingerprint density at radius 3 is 2.80 bits per heavy atom. The van der Waals surface area contributed by atoms with E-state index < -0.39 is 0 Å². The van der Waals surface area contributed by atoms with Gasteiger partial charge >= 0.3 is 0 Å². The van der Waals surface area contributed by atoms with Crippen LogP contribution < -0.4 is 5.32 Å². The van der Waals surface area contributed by atoms with Crippen molar-refractivity contribution in [1.82, 2.24) is 0 Å². The SMILES string of the molecule is Cc1cc(Br)c(NCc2cc(C#N)ccc2F)cc1Cl. The van der Waals surface area contributed by atoms with Gasteiger partial charge in [0.05, 0.1) is 17.3 Å². The minimum Gasteiger partial charge on any atom is -0.380 e. The summed E-state index contributed by atoms with van der Waals surface area (Å²) in [6.45, 7) is 2.19. The number of nitriles is 1.